The molecule has 0 fully saturated rings. The molecule has 0 aromatic heterocycles. The molecule has 0 saturated carbocycles. The lowest BCUT2D eigenvalue weighted by Crippen LogP contribution is -2.19. The minimum atomic E-state index is -0.702. The lowest BCUT2D eigenvalue weighted by Gasteiger charge is -2.10. The van der Waals surface area contributed by atoms with Gasteiger partial charge in [0, 0.05) is 12.1 Å². The molecular formula is C25H23N3O8. The van der Waals surface area contributed by atoms with E-state index < -0.39 is 10.9 Å². The largest absolute Gasteiger partial charge is 0.493 e. The second-order valence-corrected chi connectivity index (χ2v) is 7.26. The number of ether oxygens (including phenoxy) is 4. The summed E-state index contributed by atoms with van der Waals surface area (Å²) in [5.41, 5.74) is 3.76. The number of nitrogens with zero attached hydrogens (tertiary/aromatic N) is 2. The fourth-order valence-corrected chi connectivity index (χ4v) is 3.12. The summed E-state index contributed by atoms with van der Waals surface area (Å²) < 4.78 is 21.1. The molecule has 1 N–H and O–H groups in total. The first-order chi connectivity index (χ1) is 17.3. The van der Waals surface area contributed by atoms with Crippen LogP contribution in [0.5, 0.6) is 23.0 Å². The summed E-state index contributed by atoms with van der Waals surface area (Å²) in [7, 11) is 4.45. The number of methoxy groups -OCH3 is 3. The Hall–Kier alpha value is -4.93. The first-order valence-electron chi connectivity index (χ1n) is 10.5. The lowest BCUT2D eigenvalue weighted by atomic mass is 10.1. The monoisotopic (exact) mass is 493 g/mol. The standard InChI is InChI=1S/C25H23N3O8/c1-33-20-10-4-16(12-22(20)34-2)14-24(29)27-26-15-17-5-11-21(23(13-17)35-3)36-25(30)18-6-8-19(9-7-18)28(31)32/h4-13,15H,14H2,1-3H3,(H,27,29)/b26-15-. The molecule has 0 saturated heterocycles. The molecule has 186 valence electrons. The van der Waals surface area contributed by atoms with E-state index in [9.17, 15) is 19.7 Å². The topological polar surface area (TPSA) is 139 Å². The summed E-state index contributed by atoms with van der Waals surface area (Å²) >= 11 is 0. The number of nitro groups is 1. The average molecular weight is 493 g/mol. The highest BCUT2D eigenvalue weighted by atomic mass is 16.6. The van der Waals surface area contributed by atoms with Gasteiger partial charge in [-0.05, 0) is 53.6 Å². The van der Waals surface area contributed by atoms with Gasteiger partial charge >= 0.3 is 5.97 Å². The average Bonchev–Trinajstić information content (AvgIpc) is 2.89. The minimum absolute atomic E-state index is 0.0819. The van der Waals surface area contributed by atoms with Crippen LogP contribution in [0.2, 0.25) is 0 Å². The van der Waals surface area contributed by atoms with E-state index >= 15 is 0 Å². The molecular weight excluding hydrogens is 470 g/mol. The number of hydrazone groups is 1. The highest BCUT2D eigenvalue weighted by Gasteiger charge is 2.15. The quantitative estimate of drug-likeness (QED) is 0.149. The molecule has 0 atom stereocenters. The van der Waals surface area contributed by atoms with Gasteiger partial charge in [-0.15, -0.1) is 0 Å². The van der Waals surface area contributed by atoms with Gasteiger partial charge in [0.15, 0.2) is 23.0 Å². The molecule has 36 heavy (non-hydrogen) atoms. The maximum absolute atomic E-state index is 12.4. The van der Waals surface area contributed by atoms with E-state index in [1.165, 1.54) is 57.9 Å². The van der Waals surface area contributed by atoms with Gasteiger partial charge in [-0.3, -0.25) is 14.9 Å². The number of non-ortho nitro benzene ring substituents is 1. The summed E-state index contributed by atoms with van der Waals surface area (Å²) in [6.45, 7) is 0. The second-order valence-electron chi connectivity index (χ2n) is 7.26. The SMILES string of the molecule is COc1ccc(CC(=O)N/N=C\c2ccc(OC(=O)c3ccc([N+](=O)[O-])cc3)c(OC)c2)cc1OC. The molecule has 11 heteroatoms. The summed E-state index contributed by atoms with van der Waals surface area (Å²) in [5.74, 6) is 0.454. The number of nitrogens with one attached hydrogen (secondary N) is 1. The Morgan fingerprint density at radius 3 is 2.17 bits per heavy atom. The zero-order valence-electron chi connectivity index (χ0n) is 19.7. The van der Waals surface area contributed by atoms with Crippen LogP contribution >= 0.6 is 0 Å². The molecule has 0 unspecified atom stereocenters. The Kier molecular flexibility index (Phi) is 8.54. The second kappa shape index (κ2) is 12.0. The van der Waals surface area contributed by atoms with Crippen LogP contribution in [0.1, 0.15) is 21.5 Å². The molecule has 1 amide bonds. The number of amides is 1. The van der Waals surface area contributed by atoms with Crippen molar-refractivity contribution in [1.29, 1.82) is 0 Å². The fraction of sp³-hybridized carbons (Fsp3) is 0.160. The van der Waals surface area contributed by atoms with E-state index in [2.05, 4.69) is 10.5 Å². The maximum Gasteiger partial charge on any atom is 0.343 e. The van der Waals surface area contributed by atoms with E-state index in [4.69, 9.17) is 18.9 Å². The van der Waals surface area contributed by atoms with Crippen LogP contribution in [-0.2, 0) is 11.2 Å². The summed E-state index contributed by atoms with van der Waals surface area (Å²) in [5, 5.41) is 14.7. The number of esters is 1. The molecule has 0 radical (unpaired) electrons. The van der Waals surface area contributed by atoms with Crippen molar-refractivity contribution in [3.63, 3.8) is 0 Å². The summed E-state index contributed by atoms with van der Waals surface area (Å²) in [6.07, 6.45) is 1.50. The third kappa shape index (κ3) is 6.56. The van der Waals surface area contributed by atoms with Crippen molar-refractivity contribution >= 4 is 23.8 Å². The van der Waals surface area contributed by atoms with Crippen LogP contribution in [0.15, 0.2) is 65.8 Å². The predicted octanol–water partition coefficient (Wildman–Crippen LogP) is 3.53. The van der Waals surface area contributed by atoms with Crippen LogP contribution < -0.4 is 24.4 Å². The molecule has 3 aromatic carbocycles. The molecule has 3 rings (SSSR count). The minimum Gasteiger partial charge on any atom is -0.493 e. The Labute approximate surface area is 206 Å². The van der Waals surface area contributed by atoms with Crippen molar-refractivity contribution in [2.75, 3.05) is 21.3 Å². The molecule has 11 nitrogen and oxygen atoms in total. The lowest BCUT2D eigenvalue weighted by molar-refractivity contribution is -0.384. The summed E-state index contributed by atoms with van der Waals surface area (Å²) in [6, 6.07) is 14.9. The third-order valence-corrected chi connectivity index (χ3v) is 4.92. The third-order valence-electron chi connectivity index (χ3n) is 4.92. The molecule has 0 spiro atoms. The Balaban J connectivity index is 1.61. The zero-order valence-corrected chi connectivity index (χ0v) is 19.7. The molecule has 0 aliphatic rings. The van der Waals surface area contributed by atoms with Crippen molar-refractivity contribution < 1.29 is 33.5 Å². The first kappa shape index (κ1) is 25.7. The molecule has 0 heterocycles. The predicted molar refractivity (Wildman–Crippen MR) is 130 cm³/mol. The van der Waals surface area contributed by atoms with Gasteiger partial charge in [-0.2, -0.15) is 5.10 Å². The Morgan fingerprint density at radius 2 is 1.53 bits per heavy atom. The number of rotatable bonds is 10. The van der Waals surface area contributed by atoms with E-state index in [1.54, 1.807) is 30.3 Å². The molecule has 0 aliphatic heterocycles. The number of carbonyl (C=O) groups is 2. The van der Waals surface area contributed by atoms with Crippen LogP contribution in [0.4, 0.5) is 5.69 Å². The van der Waals surface area contributed by atoms with E-state index in [0.717, 1.165) is 5.56 Å². The van der Waals surface area contributed by atoms with Gasteiger partial charge in [0.25, 0.3) is 5.69 Å². The van der Waals surface area contributed by atoms with E-state index in [1.807, 2.05) is 0 Å². The van der Waals surface area contributed by atoms with Gasteiger partial charge in [0.1, 0.15) is 0 Å². The van der Waals surface area contributed by atoms with E-state index in [0.29, 0.717) is 17.1 Å². The molecule has 3 aromatic rings. The van der Waals surface area contributed by atoms with Crippen molar-refractivity contribution in [2.45, 2.75) is 6.42 Å². The van der Waals surface area contributed by atoms with Gasteiger partial charge in [0.05, 0.1) is 44.5 Å². The van der Waals surface area contributed by atoms with E-state index in [-0.39, 0.29) is 35.1 Å². The van der Waals surface area contributed by atoms with Crippen LogP contribution in [0, 0.1) is 10.1 Å². The smallest absolute Gasteiger partial charge is 0.343 e. The van der Waals surface area contributed by atoms with Crippen molar-refractivity contribution in [3.8, 4) is 23.0 Å². The van der Waals surface area contributed by atoms with Crippen molar-refractivity contribution in [3.05, 3.63) is 87.5 Å². The maximum atomic E-state index is 12.4. The normalized spacial score (nSPS) is 10.5. The first-order valence-corrected chi connectivity index (χ1v) is 10.5. The number of hydrogen-bond acceptors (Lipinski definition) is 9. The number of carbonyl (C=O) groups excluding carboxylic acids is 2. The van der Waals surface area contributed by atoms with Crippen LogP contribution in [0.3, 0.4) is 0 Å². The van der Waals surface area contributed by atoms with Gasteiger partial charge in [-0.1, -0.05) is 6.07 Å². The van der Waals surface area contributed by atoms with Gasteiger partial charge < -0.3 is 18.9 Å². The van der Waals surface area contributed by atoms with Crippen molar-refractivity contribution in [1.82, 2.24) is 5.43 Å². The number of nitro benzene ring substituents is 1. The van der Waals surface area contributed by atoms with Crippen LogP contribution in [0.25, 0.3) is 0 Å². The molecule has 0 bridgehead atoms. The summed E-state index contributed by atoms with van der Waals surface area (Å²) in [4.78, 5) is 34.8. The Morgan fingerprint density at radius 1 is 0.889 bits per heavy atom. The zero-order chi connectivity index (χ0) is 26.1. The fourth-order valence-electron chi connectivity index (χ4n) is 3.12. The Bertz CT molecular complexity index is 1290. The number of benzene rings is 3. The van der Waals surface area contributed by atoms with Crippen molar-refractivity contribution in [2.24, 2.45) is 5.10 Å². The van der Waals surface area contributed by atoms with Crippen LogP contribution in [-0.4, -0.2) is 44.3 Å². The van der Waals surface area contributed by atoms with Gasteiger partial charge in [0.2, 0.25) is 5.91 Å². The highest BCUT2D eigenvalue weighted by molar-refractivity contribution is 5.92. The van der Waals surface area contributed by atoms with Gasteiger partial charge in [-0.25, -0.2) is 10.2 Å². The highest BCUT2D eigenvalue weighted by Crippen LogP contribution is 2.29. The molecule has 0 aliphatic carbocycles. The number of hydrogen-bond donors (Lipinski definition) is 1.